The number of nitrogens with one attached hydrogen (secondary N) is 1. The zero-order valence-corrected chi connectivity index (χ0v) is 18.0. The SMILES string of the molecule is O=S(=O)(Nc1ccc(-c2nccc3ccc(Cl)cc23)cc1O)c1ccc(OC(F)(F)F)cc1. The van der Waals surface area contributed by atoms with Crippen molar-refractivity contribution >= 4 is 38.1 Å². The summed E-state index contributed by atoms with van der Waals surface area (Å²) in [6, 6.07) is 15.1. The number of aromatic hydroxyl groups is 1. The van der Waals surface area contributed by atoms with Crippen LogP contribution >= 0.6 is 11.6 Å². The molecule has 0 saturated heterocycles. The van der Waals surface area contributed by atoms with Gasteiger partial charge >= 0.3 is 6.36 Å². The van der Waals surface area contributed by atoms with E-state index in [1.165, 1.54) is 12.1 Å². The monoisotopic (exact) mass is 494 g/mol. The van der Waals surface area contributed by atoms with E-state index in [1.807, 2.05) is 12.1 Å². The van der Waals surface area contributed by atoms with E-state index in [9.17, 15) is 26.7 Å². The van der Waals surface area contributed by atoms with E-state index in [4.69, 9.17) is 11.6 Å². The summed E-state index contributed by atoms with van der Waals surface area (Å²) in [7, 11) is -4.19. The summed E-state index contributed by atoms with van der Waals surface area (Å²) in [4.78, 5) is 4.03. The number of nitrogens with zero attached hydrogens (tertiary/aromatic N) is 1. The minimum atomic E-state index is -4.89. The van der Waals surface area contributed by atoms with Gasteiger partial charge in [0.15, 0.2) is 0 Å². The highest BCUT2D eigenvalue weighted by molar-refractivity contribution is 7.92. The van der Waals surface area contributed by atoms with Gasteiger partial charge in [0.1, 0.15) is 11.5 Å². The Morgan fingerprint density at radius 1 is 0.970 bits per heavy atom. The van der Waals surface area contributed by atoms with Crippen LogP contribution < -0.4 is 9.46 Å². The lowest BCUT2D eigenvalue weighted by molar-refractivity contribution is -0.274. The van der Waals surface area contributed by atoms with Crippen LogP contribution in [0.1, 0.15) is 0 Å². The van der Waals surface area contributed by atoms with Gasteiger partial charge in [-0.25, -0.2) is 8.42 Å². The molecule has 0 amide bonds. The van der Waals surface area contributed by atoms with Gasteiger partial charge in [0.2, 0.25) is 0 Å². The molecule has 3 aromatic carbocycles. The molecule has 0 unspecified atom stereocenters. The number of pyridine rings is 1. The lowest BCUT2D eigenvalue weighted by atomic mass is 10.0. The van der Waals surface area contributed by atoms with Gasteiger partial charge in [0.05, 0.1) is 16.3 Å². The summed E-state index contributed by atoms with van der Waals surface area (Å²) in [6.07, 6.45) is -3.29. The molecular formula is C22H14ClF3N2O4S. The summed E-state index contributed by atoms with van der Waals surface area (Å²) in [5, 5.41) is 12.6. The molecule has 0 saturated carbocycles. The van der Waals surface area contributed by atoms with Crippen molar-refractivity contribution in [1.82, 2.24) is 4.98 Å². The second-order valence-electron chi connectivity index (χ2n) is 6.88. The Balaban J connectivity index is 1.61. The fourth-order valence-electron chi connectivity index (χ4n) is 3.16. The van der Waals surface area contributed by atoms with Crippen molar-refractivity contribution in [2.45, 2.75) is 11.3 Å². The molecule has 0 atom stereocenters. The molecule has 0 aliphatic rings. The highest BCUT2D eigenvalue weighted by Gasteiger charge is 2.31. The Morgan fingerprint density at radius 3 is 2.36 bits per heavy atom. The van der Waals surface area contributed by atoms with Crippen molar-refractivity contribution in [3.05, 3.63) is 77.9 Å². The number of phenols is 1. The van der Waals surface area contributed by atoms with E-state index < -0.39 is 22.1 Å². The van der Waals surface area contributed by atoms with Gasteiger partial charge in [-0.2, -0.15) is 0 Å². The van der Waals surface area contributed by atoms with E-state index in [2.05, 4.69) is 14.4 Å². The first-order valence-corrected chi connectivity index (χ1v) is 11.1. The first-order chi connectivity index (χ1) is 15.5. The minimum Gasteiger partial charge on any atom is -0.506 e. The van der Waals surface area contributed by atoms with Crippen LogP contribution in [0.3, 0.4) is 0 Å². The Kier molecular flexibility index (Phi) is 5.81. The summed E-state index contributed by atoms with van der Waals surface area (Å²) in [6.45, 7) is 0. The summed E-state index contributed by atoms with van der Waals surface area (Å²) in [5.74, 6) is -0.926. The Labute approximate surface area is 191 Å². The van der Waals surface area contributed by atoms with Crippen molar-refractivity contribution in [1.29, 1.82) is 0 Å². The Morgan fingerprint density at radius 2 is 1.70 bits per heavy atom. The normalized spacial score (nSPS) is 12.0. The number of rotatable bonds is 5. The molecule has 1 heterocycles. The maximum atomic E-state index is 12.6. The van der Waals surface area contributed by atoms with E-state index in [-0.39, 0.29) is 16.3 Å². The third kappa shape index (κ3) is 5.12. The fourth-order valence-corrected chi connectivity index (χ4v) is 4.41. The molecule has 0 fully saturated rings. The van der Waals surface area contributed by atoms with Crippen molar-refractivity contribution in [3.63, 3.8) is 0 Å². The molecular weight excluding hydrogens is 481 g/mol. The van der Waals surface area contributed by atoms with Crippen LogP contribution in [-0.2, 0) is 10.0 Å². The van der Waals surface area contributed by atoms with Crippen LogP contribution in [0.4, 0.5) is 18.9 Å². The Hall–Kier alpha value is -3.50. The molecule has 4 rings (SSSR count). The summed E-state index contributed by atoms with van der Waals surface area (Å²) >= 11 is 6.09. The largest absolute Gasteiger partial charge is 0.573 e. The second-order valence-corrected chi connectivity index (χ2v) is 9.00. The topological polar surface area (TPSA) is 88.5 Å². The second kappa shape index (κ2) is 8.45. The first kappa shape index (κ1) is 22.7. The number of halogens is 4. The van der Waals surface area contributed by atoms with Gasteiger partial charge in [-0.1, -0.05) is 23.7 Å². The molecule has 6 nitrogen and oxygen atoms in total. The number of hydrogen-bond donors (Lipinski definition) is 2. The molecule has 33 heavy (non-hydrogen) atoms. The quantitative estimate of drug-likeness (QED) is 0.334. The standard InChI is InChI=1S/C22H14ClF3N2O4S/c23-15-3-1-13-9-10-27-21(18(13)12-15)14-2-8-19(20(29)11-14)28-33(30,31)17-6-4-16(5-7-17)32-22(24,25)26/h1-12,28-29H. The van der Waals surface area contributed by atoms with Gasteiger partial charge in [-0.3, -0.25) is 9.71 Å². The van der Waals surface area contributed by atoms with Crippen LogP contribution in [0.25, 0.3) is 22.0 Å². The molecule has 0 bridgehead atoms. The van der Waals surface area contributed by atoms with Crippen molar-refractivity contribution in [3.8, 4) is 22.8 Å². The van der Waals surface area contributed by atoms with Crippen molar-refractivity contribution < 1.29 is 31.4 Å². The maximum Gasteiger partial charge on any atom is 0.573 e. The third-order valence-corrected chi connectivity index (χ3v) is 6.23. The van der Waals surface area contributed by atoms with Crippen LogP contribution in [0.5, 0.6) is 11.5 Å². The smallest absolute Gasteiger partial charge is 0.506 e. The number of sulfonamides is 1. The number of hydrogen-bond acceptors (Lipinski definition) is 5. The number of phenolic OH excluding ortho intramolecular Hbond substituents is 1. The first-order valence-electron chi connectivity index (χ1n) is 9.28. The van der Waals surface area contributed by atoms with Crippen molar-refractivity contribution in [2.24, 2.45) is 0 Å². The Bertz CT molecular complexity index is 1440. The molecule has 0 aliphatic carbocycles. The average molecular weight is 495 g/mol. The van der Waals surface area contributed by atoms with E-state index in [0.717, 1.165) is 35.0 Å². The number of ether oxygens (including phenoxy) is 1. The number of benzene rings is 3. The fraction of sp³-hybridized carbons (Fsp3) is 0.0455. The van der Waals surface area contributed by atoms with Gasteiger partial charge in [-0.05, 0) is 60.0 Å². The average Bonchev–Trinajstić information content (AvgIpc) is 2.74. The molecule has 4 aromatic rings. The molecule has 0 aliphatic heterocycles. The predicted octanol–water partition coefficient (Wildman–Crippen LogP) is 5.96. The van der Waals surface area contributed by atoms with Gasteiger partial charge in [0, 0.05) is 22.2 Å². The van der Waals surface area contributed by atoms with Crippen LogP contribution in [0.2, 0.25) is 5.02 Å². The summed E-state index contributed by atoms with van der Waals surface area (Å²) in [5.41, 5.74) is 0.949. The van der Waals surface area contributed by atoms with Crippen LogP contribution in [0, 0.1) is 0 Å². The zero-order valence-electron chi connectivity index (χ0n) is 16.5. The van der Waals surface area contributed by atoms with Gasteiger partial charge in [0.25, 0.3) is 10.0 Å². The number of alkyl halides is 3. The molecule has 1 aromatic heterocycles. The van der Waals surface area contributed by atoms with Gasteiger partial charge < -0.3 is 9.84 Å². The highest BCUT2D eigenvalue weighted by atomic mass is 35.5. The molecule has 0 radical (unpaired) electrons. The number of aromatic nitrogens is 1. The van der Waals surface area contributed by atoms with E-state index in [0.29, 0.717) is 16.3 Å². The molecule has 11 heteroatoms. The maximum absolute atomic E-state index is 12.6. The highest BCUT2D eigenvalue weighted by Crippen LogP contribution is 2.34. The van der Waals surface area contributed by atoms with Crippen LogP contribution in [-0.4, -0.2) is 24.9 Å². The number of anilines is 1. The molecule has 170 valence electrons. The van der Waals surface area contributed by atoms with Crippen LogP contribution in [0.15, 0.2) is 77.8 Å². The van der Waals surface area contributed by atoms with Crippen molar-refractivity contribution in [2.75, 3.05) is 4.72 Å². The van der Waals surface area contributed by atoms with Gasteiger partial charge in [-0.15, -0.1) is 13.2 Å². The lowest BCUT2D eigenvalue weighted by Gasteiger charge is -2.13. The molecule has 2 N–H and O–H groups in total. The zero-order chi connectivity index (χ0) is 23.8. The van der Waals surface area contributed by atoms with E-state index in [1.54, 1.807) is 24.4 Å². The number of fused-ring (bicyclic) bond motifs is 1. The third-order valence-electron chi connectivity index (χ3n) is 4.61. The minimum absolute atomic E-state index is 0.118. The summed E-state index contributed by atoms with van der Waals surface area (Å²) < 4.78 is 68.0. The lowest BCUT2D eigenvalue weighted by Crippen LogP contribution is -2.17. The predicted molar refractivity (Wildman–Crippen MR) is 118 cm³/mol. The molecule has 0 spiro atoms. The van der Waals surface area contributed by atoms with E-state index >= 15 is 0 Å².